The third-order valence-electron chi connectivity index (χ3n) is 5.66. The van der Waals surface area contributed by atoms with E-state index in [9.17, 15) is 19.5 Å². The Balaban J connectivity index is 2.52. The van der Waals surface area contributed by atoms with Crippen molar-refractivity contribution in [1.29, 1.82) is 0 Å². The number of likely N-dealkylation sites (N-methyl/N-ethyl adjacent to an activating group) is 1. The SMILES string of the molecule is CCCCCc1ccc(OCCCC[C@@H](CC(=O)O)C(=O)N[C@H](C(=O)NC)C(C)(C)C)cc1. The van der Waals surface area contributed by atoms with Crippen molar-refractivity contribution in [3.8, 4) is 5.75 Å². The molecule has 0 bridgehead atoms. The predicted octanol–water partition coefficient (Wildman–Crippen LogP) is 4.34. The zero-order chi connectivity index (χ0) is 24.9. The third kappa shape index (κ3) is 11.2. The van der Waals surface area contributed by atoms with E-state index in [2.05, 4.69) is 29.7 Å². The smallest absolute Gasteiger partial charge is 0.304 e. The van der Waals surface area contributed by atoms with Crippen LogP contribution in [0.25, 0.3) is 0 Å². The summed E-state index contributed by atoms with van der Waals surface area (Å²) < 4.78 is 5.80. The van der Waals surface area contributed by atoms with E-state index in [1.807, 2.05) is 32.9 Å². The van der Waals surface area contributed by atoms with Gasteiger partial charge in [0.1, 0.15) is 11.8 Å². The van der Waals surface area contributed by atoms with Gasteiger partial charge in [-0.15, -0.1) is 0 Å². The molecule has 0 fully saturated rings. The maximum atomic E-state index is 12.8. The molecular formula is C26H42N2O5. The van der Waals surface area contributed by atoms with E-state index in [4.69, 9.17) is 4.74 Å². The molecule has 1 rings (SSSR count). The Hall–Kier alpha value is -2.57. The lowest BCUT2D eigenvalue weighted by Gasteiger charge is -2.31. The summed E-state index contributed by atoms with van der Waals surface area (Å²) in [5.74, 6) is -1.61. The summed E-state index contributed by atoms with van der Waals surface area (Å²) in [4.78, 5) is 36.3. The van der Waals surface area contributed by atoms with E-state index >= 15 is 0 Å². The van der Waals surface area contributed by atoms with Gasteiger partial charge in [0.2, 0.25) is 11.8 Å². The minimum atomic E-state index is -1.03. The summed E-state index contributed by atoms with van der Waals surface area (Å²) in [6.07, 6.45) is 6.24. The highest BCUT2D eigenvalue weighted by Crippen LogP contribution is 2.22. The van der Waals surface area contributed by atoms with Crippen LogP contribution < -0.4 is 15.4 Å². The zero-order valence-corrected chi connectivity index (χ0v) is 20.9. The van der Waals surface area contributed by atoms with Gasteiger partial charge in [-0.1, -0.05) is 52.7 Å². The number of amides is 2. The molecule has 0 aliphatic rings. The van der Waals surface area contributed by atoms with Crippen molar-refractivity contribution in [2.24, 2.45) is 11.3 Å². The van der Waals surface area contributed by atoms with Crippen molar-refractivity contribution in [3.05, 3.63) is 29.8 Å². The molecule has 2 amide bonds. The number of carboxylic acid groups (broad SMARTS) is 1. The molecule has 0 unspecified atom stereocenters. The number of nitrogens with one attached hydrogen (secondary N) is 2. The van der Waals surface area contributed by atoms with Crippen LogP contribution in [0.3, 0.4) is 0 Å². The van der Waals surface area contributed by atoms with Crippen LogP contribution in [0.5, 0.6) is 5.75 Å². The number of carbonyl (C=O) groups excluding carboxylic acids is 2. The maximum Gasteiger partial charge on any atom is 0.304 e. The van der Waals surface area contributed by atoms with Crippen molar-refractivity contribution >= 4 is 17.8 Å². The second-order valence-corrected chi connectivity index (χ2v) is 9.66. The Morgan fingerprint density at radius 2 is 1.67 bits per heavy atom. The summed E-state index contributed by atoms with van der Waals surface area (Å²) in [6, 6.07) is 7.41. The van der Waals surface area contributed by atoms with Crippen molar-refractivity contribution in [3.63, 3.8) is 0 Å². The Morgan fingerprint density at radius 1 is 1.00 bits per heavy atom. The van der Waals surface area contributed by atoms with Gasteiger partial charge >= 0.3 is 5.97 Å². The first-order chi connectivity index (χ1) is 15.6. The molecule has 7 heteroatoms. The van der Waals surface area contributed by atoms with E-state index in [1.54, 1.807) is 0 Å². The lowest BCUT2D eigenvalue weighted by atomic mass is 9.85. The fourth-order valence-corrected chi connectivity index (χ4v) is 3.63. The lowest BCUT2D eigenvalue weighted by molar-refractivity contribution is -0.142. The Kier molecular flexibility index (Phi) is 12.6. The first kappa shape index (κ1) is 28.5. The third-order valence-corrected chi connectivity index (χ3v) is 5.66. The average Bonchev–Trinajstić information content (AvgIpc) is 2.75. The van der Waals surface area contributed by atoms with Gasteiger partial charge in [-0.25, -0.2) is 0 Å². The summed E-state index contributed by atoms with van der Waals surface area (Å²) in [6.45, 7) is 8.26. The molecule has 2 atom stereocenters. The molecular weight excluding hydrogens is 420 g/mol. The van der Waals surface area contributed by atoms with Gasteiger partial charge in [-0.05, 0) is 55.2 Å². The molecule has 0 aromatic heterocycles. The molecule has 0 heterocycles. The quantitative estimate of drug-likeness (QED) is 0.336. The summed E-state index contributed by atoms with van der Waals surface area (Å²) >= 11 is 0. The molecule has 186 valence electrons. The van der Waals surface area contributed by atoms with Crippen LogP contribution in [0.15, 0.2) is 24.3 Å². The lowest BCUT2D eigenvalue weighted by Crippen LogP contribution is -2.54. The second kappa shape index (κ2) is 14.6. The zero-order valence-electron chi connectivity index (χ0n) is 20.9. The number of aryl methyl sites for hydroxylation is 1. The number of benzene rings is 1. The molecule has 7 nitrogen and oxygen atoms in total. The molecule has 0 saturated carbocycles. The predicted molar refractivity (Wildman–Crippen MR) is 130 cm³/mol. The highest BCUT2D eigenvalue weighted by molar-refractivity contribution is 5.90. The fourth-order valence-electron chi connectivity index (χ4n) is 3.63. The molecule has 0 aliphatic carbocycles. The molecule has 0 spiro atoms. The van der Waals surface area contributed by atoms with E-state index in [0.717, 1.165) is 12.2 Å². The normalized spacial score (nSPS) is 13.1. The number of carbonyl (C=O) groups is 3. The van der Waals surface area contributed by atoms with Crippen LogP contribution in [-0.2, 0) is 20.8 Å². The molecule has 0 saturated heterocycles. The molecule has 33 heavy (non-hydrogen) atoms. The van der Waals surface area contributed by atoms with Crippen LogP contribution in [0.1, 0.15) is 78.2 Å². The number of carboxylic acids is 1. The van der Waals surface area contributed by atoms with E-state index in [0.29, 0.717) is 25.9 Å². The van der Waals surface area contributed by atoms with E-state index in [-0.39, 0.29) is 12.3 Å². The number of hydrogen-bond donors (Lipinski definition) is 3. The summed E-state index contributed by atoms with van der Waals surface area (Å²) in [5, 5.41) is 14.6. The molecule has 0 aliphatic heterocycles. The molecule has 1 aromatic rings. The first-order valence-electron chi connectivity index (χ1n) is 12.0. The van der Waals surface area contributed by atoms with Gasteiger partial charge < -0.3 is 20.5 Å². The number of unbranched alkanes of at least 4 members (excludes halogenated alkanes) is 3. The number of rotatable bonds is 15. The second-order valence-electron chi connectivity index (χ2n) is 9.66. The van der Waals surface area contributed by atoms with Gasteiger partial charge in [0.25, 0.3) is 0 Å². The summed E-state index contributed by atoms with van der Waals surface area (Å²) in [5.41, 5.74) is 0.812. The van der Waals surface area contributed by atoms with Crippen molar-refractivity contribution in [2.45, 2.75) is 85.1 Å². The van der Waals surface area contributed by atoms with Gasteiger partial charge in [0, 0.05) is 13.0 Å². The minimum absolute atomic E-state index is 0.267. The van der Waals surface area contributed by atoms with E-state index < -0.39 is 29.3 Å². The van der Waals surface area contributed by atoms with Gasteiger partial charge in [-0.3, -0.25) is 14.4 Å². The highest BCUT2D eigenvalue weighted by Gasteiger charge is 2.34. The minimum Gasteiger partial charge on any atom is -0.494 e. The Bertz CT molecular complexity index is 740. The van der Waals surface area contributed by atoms with Gasteiger partial charge in [-0.2, -0.15) is 0 Å². The first-order valence-corrected chi connectivity index (χ1v) is 12.0. The van der Waals surface area contributed by atoms with Crippen molar-refractivity contribution in [2.75, 3.05) is 13.7 Å². The van der Waals surface area contributed by atoms with Crippen LogP contribution in [0, 0.1) is 11.3 Å². The monoisotopic (exact) mass is 462 g/mol. The molecule has 1 aromatic carbocycles. The van der Waals surface area contributed by atoms with Crippen LogP contribution in [0.2, 0.25) is 0 Å². The van der Waals surface area contributed by atoms with Crippen molar-refractivity contribution < 1.29 is 24.2 Å². The molecule has 0 radical (unpaired) electrons. The largest absolute Gasteiger partial charge is 0.494 e. The van der Waals surface area contributed by atoms with Gasteiger partial charge in [0.05, 0.1) is 13.0 Å². The number of aliphatic carboxylic acids is 1. The van der Waals surface area contributed by atoms with Crippen molar-refractivity contribution in [1.82, 2.24) is 10.6 Å². The van der Waals surface area contributed by atoms with Crippen LogP contribution >= 0.6 is 0 Å². The number of hydrogen-bond acceptors (Lipinski definition) is 4. The average molecular weight is 463 g/mol. The Labute approximate surface area is 198 Å². The van der Waals surface area contributed by atoms with Gasteiger partial charge in [0.15, 0.2) is 0 Å². The standard InChI is InChI=1S/C26H42N2O5/c1-6-7-8-11-19-13-15-21(16-14-19)33-17-10-9-12-20(18-22(29)30)24(31)28-23(25(32)27-5)26(2,3)4/h13-16,20,23H,6-12,17-18H2,1-5H3,(H,27,32)(H,28,31)(H,29,30)/t20-,23+/m0/s1. The topological polar surface area (TPSA) is 105 Å². The Morgan fingerprint density at radius 3 is 2.21 bits per heavy atom. The summed E-state index contributed by atoms with van der Waals surface area (Å²) in [7, 11) is 1.52. The number of ether oxygens (including phenoxy) is 1. The molecule has 3 N–H and O–H groups in total. The van der Waals surface area contributed by atoms with Crippen LogP contribution in [0.4, 0.5) is 0 Å². The highest BCUT2D eigenvalue weighted by atomic mass is 16.5. The van der Waals surface area contributed by atoms with E-state index in [1.165, 1.54) is 31.9 Å². The maximum absolute atomic E-state index is 12.8. The van der Waals surface area contributed by atoms with Crippen LogP contribution in [-0.4, -0.2) is 42.6 Å². The fraction of sp³-hybridized carbons (Fsp3) is 0.654.